The zero-order valence-electron chi connectivity index (χ0n) is 8.58. The highest BCUT2D eigenvalue weighted by Gasteiger charge is 2.02. The summed E-state index contributed by atoms with van der Waals surface area (Å²) in [5, 5.41) is 0. The molecule has 0 saturated carbocycles. The molecule has 4 heteroatoms. The van der Waals surface area contributed by atoms with Crippen molar-refractivity contribution in [2.45, 2.75) is 32.6 Å². The fourth-order valence-corrected chi connectivity index (χ4v) is 1.16. The lowest BCUT2D eigenvalue weighted by atomic mass is 10.2. The van der Waals surface area contributed by atoms with Gasteiger partial charge in [-0.1, -0.05) is 0 Å². The number of esters is 1. The van der Waals surface area contributed by atoms with E-state index in [1.54, 1.807) is 6.20 Å². The first-order valence-corrected chi connectivity index (χ1v) is 4.70. The van der Waals surface area contributed by atoms with Crippen LogP contribution in [0, 0.1) is 6.92 Å². The number of oxazole rings is 1. The van der Waals surface area contributed by atoms with Crippen molar-refractivity contribution in [2.75, 3.05) is 7.11 Å². The molecule has 0 fully saturated rings. The Labute approximate surface area is 83.3 Å². The third-order valence-corrected chi connectivity index (χ3v) is 1.92. The first-order chi connectivity index (χ1) is 6.72. The Morgan fingerprint density at radius 3 is 2.93 bits per heavy atom. The van der Waals surface area contributed by atoms with E-state index in [2.05, 4.69) is 9.72 Å². The molecule has 0 aliphatic carbocycles. The van der Waals surface area contributed by atoms with E-state index in [1.165, 1.54) is 7.11 Å². The second-order valence-electron chi connectivity index (χ2n) is 3.15. The molecule has 0 aliphatic heterocycles. The van der Waals surface area contributed by atoms with Crippen LogP contribution in [0.2, 0.25) is 0 Å². The third kappa shape index (κ3) is 3.60. The molecule has 0 saturated heterocycles. The smallest absolute Gasteiger partial charge is 0.305 e. The van der Waals surface area contributed by atoms with Crippen LogP contribution < -0.4 is 0 Å². The Morgan fingerprint density at radius 1 is 1.57 bits per heavy atom. The molecule has 0 amide bonds. The number of hydrogen-bond acceptors (Lipinski definition) is 4. The summed E-state index contributed by atoms with van der Waals surface area (Å²) >= 11 is 0. The minimum atomic E-state index is -0.159. The van der Waals surface area contributed by atoms with Crippen LogP contribution in [-0.4, -0.2) is 18.1 Å². The van der Waals surface area contributed by atoms with Gasteiger partial charge in [-0.25, -0.2) is 4.98 Å². The first kappa shape index (κ1) is 10.8. The lowest BCUT2D eigenvalue weighted by Crippen LogP contribution is -1.99. The van der Waals surface area contributed by atoms with Crippen LogP contribution in [0.25, 0.3) is 0 Å². The maximum Gasteiger partial charge on any atom is 0.305 e. The van der Waals surface area contributed by atoms with Gasteiger partial charge in [0, 0.05) is 12.8 Å². The number of ether oxygens (including phenoxy) is 1. The van der Waals surface area contributed by atoms with Crippen molar-refractivity contribution in [1.29, 1.82) is 0 Å². The van der Waals surface area contributed by atoms with Gasteiger partial charge in [-0.3, -0.25) is 4.79 Å². The molecular weight excluding hydrogens is 182 g/mol. The van der Waals surface area contributed by atoms with E-state index in [9.17, 15) is 4.79 Å². The van der Waals surface area contributed by atoms with Gasteiger partial charge in [-0.15, -0.1) is 0 Å². The molecule has 4 nitrogen and oxygen atoms in total. The van der Waals surface area contributed by atoms with Crippen molar-refractivity contribution >= 4 is 5.97 Å². The predicted molar refractivity (Wildman–Crippen MR) is 50.8 cm³/mol. The second kappa shape index (κ2) is 5.42. The Bertz CT molecular complexity index is 293. The molecule has 0 radical (unpaired) electrons. The van der Waals surface area contributed by atoms with Crippen LogP contribution in [-0.2, 0) is 16.0 Å². The van der Waals surface area contributed by atoms with Crippen molar-refractivity contribution in [3.63, 3.8) is 0 Å². The van der Waals surface area contributed by atoms with Crippen LogP contribution in [0.15, 0.2) is 10.6 Å². The highest BCUT2D eigenvalue weighted by Crippen LogP contribution is 2.07. The summed E-state index contributed by atoms with van der Waals surface area (Å²) in [6.45, 7) is 1.87. The molecule has 0 atom stereocenters. The largest absolute Gasteiger partial charge is 0.469 e. The quantitative estimate of drug-likeness (QED) is 0.534. The van der Waals surface area contributed by atoms with Crippen molar-refractivity contribution in [2.24, 2.45) is 0 Å². The summed E-state index contributed by atoms with van der Waals surface area (Å²) in [6.07, 6.45) is 4.67. The van der Waals surface area contributed by atoms with E-state index in [1.807, 2.05) is 6.92 Å². The first-order valence-electron chi connectivity index (χ1n) is 4.70. The standard InChI is InChI=1S/C10H15NO3/c1-8-7-11-9(14-8)5-3-4-6-10(12)13-2/h7H,3-6H2,1-2H3. The van der Waals surface area contributed by atoms with E-state index >= 15 is 0 Å². The number of aryl methyl sites for hydroxylation is 2. The van der Waals surface area contributed by atoms with Gasteiger partial charge in [0.25, 0.3) is 0 Å². The zero-order chi connectivity index (χ0) is 10.4. The molecule has 0 spiro atoms. The molecule has 0 unspecified atom stereocenters. The van der Waals surface area contributed by atoms with Crippen LogP contribution in [0.5, 0.6) is 0 Å². The molecular formula is C10H15NO3. The summed E-state index contributed by atoms with van der Waals surface area (Å²) < 4.78 is 9.82. The Morgan fingerprint density at radius 2 is 2.36 bits per heavy atom. The lowest BCUT2D eigenvalue weighted by Gasteiger charge is -1.97. The number of carbonyl (C=O) groups is 1. The van der Waals surface area contributed by atoms with Gasteiger partial charge in [-0.05, 0) is 19.8 Å². The fraction of sp³-hybridized carbons (Fsp3) is 0.600. The lowest BCUT2D eigenvalue weighted by molar-refractivity contribution is -0.140. The molecule has 1 heterocycles. The summed E-state index contributed by atoms with van der Waals surface area (Å²) in [5.41, 5.74) is 0. The summed E-state index contributed by atoms with van der Waals surface area (Å²) in [4.78, 5) is 14.8. The number of carbonyl (C=O) groups excluding carboxylic acids is 1. The van der Waals surface area contributed by atoms with Gasteiger partial charge < -0.3 is 9.15 Å². The SMILES string of the molecule is COC(=O)CCCCc1ncc(C)o1. The normalized spacial score (nSPS) is 10.1. The van der Waals surface area contributed by atoms with Crippen molar-refractivity contribution in [1.82, 2.24) is 4.98 Å². The summed E-state index contributed by atoms with van der Waals surface area (Å²) in [6, 6.07) is 0. The minimum Gasteiger partial charge on any atom is -0.469 e. The van der Waals surface area contributed by atoms with E-state index in [-0.39, 0.29) is 5.97 Å². The number of hydrogen-bond donors (Lipinski definition) is 0. The number of aromatic nitrogens is 1. The molecule has 0 aliphatic rings. The number of methoxy groups -OCH3 is 1. The fourth-order valence-electron chi connectivity index (χ4n) is 1.16. The van der Waals surface area contributed by atoms with Gasteiger partial charge >= 0.3 is 5.97 Å². The van der Waals surface area contributed by atoms with Crippen LogP contribution >= 0.6 is 0 Å². The topological polar surface area (TPSA) is 52.3 Å². The maximum atomic E-state index is 10.8. The van der Waals surface area contributed by atoms with Gasteiger partial charge in [0.2, 0.25) is 0 Å². The van der Waals surface area contributed by atoms with Gasteiger partial charge in [0.1, 0.15) is 5.76 Å². The Hall–Kier alpha value is -1.32. The number of nitrogens with zero attached hydrogens (tertiary/aromatic N) is 1. The highest BCUT2D eigenvalue weighted by molar-refractivity contribution is 5.68. The van der Waals surface area contributed by atoms with E-state index in [0.29, 0.717) is 6.42 Å². The predicted octanol–water partition coefficient (Wildman–Crippen LogP) is 1.87. The molecule has 1 aromatic rings. The van der Waals surface area contributed by atoms with Crippen molar-refractivity contribution in [3.05, 3.63) is 17.8 Å². The molecule has 78 valence electrons. The van der Waals surface area contributed by atoms with Crippen LogP contribution in [0.1, 0.15) is 30.9 Å². The molecule has 0 N–H and O–H groups in total. The Balaban J connectivity index is 2.13. The van der Waals surface area contributed by atoms with E-state index in [4.69, 9.17) is 4.42 Å². The monoisotopic (exact) mass is 197 g/mol. The van der Waals surface area contributed by atoms with Gasteiger partial charge in [0.05, 0.1) is 13.3 Å². The van der Waals surface area contributed by atoms with E-state index in [0.717, 1.165) is 30.9 Å². The van der Waals surface area contributed by atoms with Crippen molar-refractivity contribution < 1.29 is 13.9 Å². The highest BCUT2D eigenvalue weighted by atomic mass is 16.5. The van der Waals surface area contributed by atoms with E-state index < -0.39 is 0 Å². The average Bonchev–Trinajstić information content (AvgIpc) is 2.58. The molecule has 14 heavy (non-hydrogen) atoms. The average molecular weight is 197 g/mol. The maximum absolute atomic E-state index is 10.8. The number of unbranched alkanes of at least 4 members (excludes halogenated alkanes) is 1. The van der Waals surface area contributed by atoms with Crippen LogP contribution in [0.3, 0.4) is 0 Å². The van der Waals surface area contributed by atoms with Gasteiger partial charge in [0.15, 0.2) is 5.89 Å². The molecule has 1 aromatic heterocycles. The molecule has 0 bridgehead atoms. The zero-order valence-corrected chi connectivity index (χ0v) is 8.58. The summed E-state index contributed by atoms with van der Waals surface area (Å²) in [7, 11) is 1.40. The van der Waals surface area contributed by atoms with Crippen molar-refractivity contribution in [3.8, 4) is 0 Å². The van der Waals surface area contributed by atoms with Gasteiger partial charge in [-0.2, -0.15) is 0 Å². The molecule has 1 rings (SSSR count). The Kier molecular flexibility index (Phi) is 4.16. The van der Waals surface area contributed by atoms with Crippen LogP contribution in [0.4, 0.5) is 0 Å². The summed E-state index contributed by atoms with van der Waals surface area (Å²) in [5.74, 6) is 1.41. The minimum absolute atomic E-state index is 0.159. The number of rotatable bonds is 5. The second-order valence-corrected chi connectivity index (χ2v) is 3.15. The third-order valence-electron chi connectivity index (χ3n) is 1.92. The molecule has 0 aromatic carbocycles.